The molecule has 186 valence electrons. The van der Waals surface area contributed by atoms with E-state index < -0.39 is 12.1 Å². The van der Waals surface area contributed by atoms with Crippen molar-refractivity contribution in [1.82, 2.24) is 4.90 Å². The predicted octanol–water partition coefficient (Wildman–Crippen LogP) is 5.16. The van der Waals surface area contributed by atoms with Crippen molar-refractivity contribution in [3.8, 4) is 5.75 Å². The Labute approximate surface area is 198 Å². The molecule has 1 N–H and O–H groups in total. The maximum absolute atomic E-state index is 12.7. The maximum atomic E-state index is 12.7. The second-order valence-corrected chi connectivity index (χ2v) is 10.0. The molecule has 0 heterocycles. The van der Waals surface area contributed by atoms with Gasteiger partial charge in [0.05, 0.1) is 13.2 Å². The molecule has 1 aromatic carbocycles. The van der Waals surface area contributed by atoms with Gasteiger partial charge in [-0.3, -0.25) is 0 Å². The average molecular weight is 464 g/mol. The van der Waals surface area contributed by atoms with Crippen LogP contribution >= 0.6 is 0 Å². The van der Waals surface area contributed by atoms with Crippen molar-refractivity contribution in [3.05, 3.63) is 29.8 Å². The van der Waals surface area contributed by atoms with Gasteiger partial charge in [-0.25, -0.2) is 9.59 Å². The molecule has 1 atom stereocenters. The van der Waals surface area contributed by atoms with E-state index in [0.29, 0.717) is 51.0 Å². The number of hydrogen-bond donors (Lipinski definition) is 1. The molecule has 7 nitrogen and oxygen atoms in total. The third-order valence-corrected chi connectivity index (χ3v) is 5.79. The largest absolute Gasteiger partial charge is 0.492 e. The van der Waals surface area contributed by atoms with E-state index >= 15 is 0 Å². The zero-order valence-electron chi connectivity index (χ0n) is 20.7. The molecular weight excluding hydrogens is 422 g/mol. The van der Waals surface area contributed by atoms with Gasteiger partial charge in [-0.15, -0.1) is 0 Å². The summed E-state index contributed by atoms with van der Waals surface area (Å²) in [6.07, 6.45) is 5.25. The van der Waals surface area contributed by atoms with Gasteiger partial charge in [0.2, 0.25) is 0 Å². The van der Waals surface area contributed by atoms with E-state index in [1.165, 1.54) is 25.7 Å². The molecule has 1 aromatic rings. The third kappa shape index (κ3) is 10.5. The number of aliphatic carboxylic acids is 1. The van der Waals surface area contributed by atoms with Gasteiger partial charge in [0.25, 0.3) is 0 Å². The van der Waals surface area contributed by atoms with Crippen LogP contribution in [0.1, 0.15) is 65.4 Å². The minimum Gasteiger partial charge on any atom is -0.492 e. The molecule has 1 unspecified atom stereocenters. The lowest BCUT2D eigenvalue weighted by Gasteiger charge is -2.26. The van der Waals surface area contributed by atoms with E-state index in [-0.39, 0.29) is 11.5 Å². The molecule has 1 fully saturated rings. The number of hydrogen-bond acceptors (Lipinski definition) is 5. The summed E-state index contributed by atoms with van der Waals surface area (Å²) in [5.41, 5.74) is 0.791. The fourth-order valence-corrected chi connectivity index (χ4v) is 3.93. The Morgan fingerprint density at radius 1 is 1.12 bits per heavy atom. The summed E-state index contributed by atoms with van der Waals surface area (Å²) < 4.78 is 16.7. The Bertz CT molecular complexity index is 721. The zero-order chi connectivity index (χ0) is 24.3. The van der Waals surface area contributed by atoms with E-state index in [9.17, 15) is 14.7 Å². The van der Waals surface area contributed by atoms with Crippen LogP contribution in [0.25, 0.3) is 0 Å². The molecule has 0 spiro atoms. The molecule has 0 aliphatic heterocycles. The molecular formula is C26H41NO6. The normalized spacial score (nSPS) is 15.3. The van der Waals surface area contributed by atoms with Crippen LogP contribution in [0.3, 0.4) is 0 Å². The van der Waals surface area contributed by atoms with Crippen LogP contribution in [-0.2, 0) is 20.7 Å². The second-order valence-electron chi connectivity index (χ2n) is 10.0. The van der Waals surface area contributed by atoms with Crippen molar-refractivity contribution in [2.45, 2.75) is 72.3 Å². The predicted molar refractivity (Wildman–Crippen MR) is 128 cm³/mol. The molecule has 1 aliphatic rings. The van der Waals surface area contributed by atoms with Gasteiger partial charge < -0.3 is 24.2 Å². The van der Waals surface area contributed by atoms with Crippen LogP contribution in [0.5, 0.6) is 5.75 Å². The summed E-state index contributed by atoms with van der Waals surface area (Å²) in [6, 6.07) is 7.33. The van der Waals surface area contributed by atoms with Crippen molar-refractivity contribution < 1.29 is 28.9 Å². The summed E-state index contributed by atoms with van der Waals surface area (Å²) in [5, 5.41) is 9.24. The first-order valence-electron chi connectivity index (χ1n) is 12.2. The van der Waals surface area contributed by atoms with Crippen LogP contribution in [0.4, 0.5) is 4.79 Å². The van der Waals surface area contributed by atoms with Gasteiger partial charge in [0.15, 0.2) is 6.10 Å². The van der Waals surface area contributed by atoms with E-state index in [4.69, 9.17) is 14.2 Å². The first-order valence-corrected chi connectivity index (χ1v) is 12.2. The molecule has 0 saturated heterocycles. The minimum absolute atomic E-state index is 0.0765. The van der Waals surface area contributed by atoms with Gasteiger partial charge in [-0.1, -0.05) is 58.6 Å². The van der Waals surface area contributed by atoms with Crippen molar-refractivity contribution in [2.24, 2.45) is 11.3 Å². The lowest BCUT2D eigenvalue weighted by atomic mass is 9.99. The van der Waals surface area contributed by atoms with Gasteiger partial charge >= 0.3 is 12.1 Å². The van der Waals surface area contributed by atoms with Gasteiger partial charge in [0, 0.05) is 19.6 Å². The molecule has 1 aliphatic carbocycles. The Balaban J connectivity index is 1.86. The van der Waals surface area contributed by atoms with Crippen molar-refractivity contribution in [3.63, 3.8) is 0 Å². The number of ether oxygens (including phenoxy) is 3. The van der Waals surface area contributed by atoms with Gasteiger partial charge in [0.1, 0.15) is 12.4 Å². The summed E-state index contributed by atoms with van der Waals surface area (Å²) >= 11 is 0. The fourth-order valence-electron chi connectivity index (χ4n) is 3.93. The minimum atomic E-state index is -0.965. The first-order chi connectivity index (χ1) is 15.7. The SMILES string of the molecule is CCOC(Cc1ccc(OCCN(CCC2CCCC2)C(=O)OCC(C)(C)C)cc1)C(=O)O. The summed E-state index contributed by atoms with van der Waals surface area (Å²) in [5.74, 6) is 0.414. The Morgan fingerprint density at radius 3 is 2.36 bits per heavy atom. The second kappa shape index (κ2) is 13.4. The van der Waals surface area contributed by atoms with Gasteiger partial charge in [-0.2, -0.15) is 0 Å². The molecule has 2 rings (SSSR count). The highest BCUT2D eigenvalue weighted by atomic mass is 16.6. The first kappa shape index (κ1) is 27.0. The van der Waals surface area contributed by atoms with Crippen LogP contribution in [-0.4, -0.2) is 61.1 Å². The topological polar surface area (TPSA) is 85.3 Å². The number of carboxylic acid groups (broad SMARTS) is 1. The highest BCUT2D eigenvalue weighted by Crippen LogP contribution is 2.27. The van der Waals surface area contributed by atoms with Crippen molar-refractivity contribution in [1.29, 1.82) is 0 Å². The molecule has 1 saturated carbocycles. The Morgan fingerprint density at radius 2 is 1.79 bits per heavy atom. The lowest BCUT2D eigenvalue weighted by molar-refractivity contribution is -0.149. The highest BCUT2D eigenvalue weighted by molar-refractivity contribution is 5.72. The summed E-state index contributed by atoms with van der Waals surface area (Å²) in [6.45, 7) is 10.2. The number of benzene rings is 1. The van der Waals surface area contributed by atoms with Gasteiger partial charge in [-0.05, 0) is 42.4 Å². The van der Waals surface area contributed by atoms with E-state index in [1.807, 2.05) is 45.0 Å². The Kier molecular flexibility index (Phi) is 11.0. The summed E-state index contributed by atoms with van der Waals surface area (Å²) in [4.78, 5) is 25.7. The molecule has 0 aromatic heterocycles. The maximum Gasteiger partial charge on any atom is 0.409 e. The lowest BCUT2D eigenvalue weighted by Crippen LogP contribution is -2.37. The third-order valence-electron chi connectivity index (χ3n) is 5.79. The van der Waals surface area contributed by atoms with Crippen molar-refractivity contribution >= 4 is 12.1 Å². The van der Waals surface area contributed by atoms with Crippen LogP contribution in [0, 0.1) is 11.3 Å². The number of carbonyl (C=O) groups excluding carboxylic acids is 1. The van der Waals surface area contributed by atoms with E-state index in [0.717, 1.165) is 12.0 Å². The molecule has 1 amide bonds. The Hall–Kier alpha value is -2.28. The molecule has 33 heavy (non-hydrogen) atoms. The van der Waals surface area contributed by atoms with Crippen LogP contribution in [0.2, 0.25) is 0 Å². The molecule has 7 heteroatoms. The van der Waals surface area contributed by atoms with Crippen molar-refractivity contribution in [2.75, 3.05) is 32.9 Å². The number of nitrogens with zero attached hydrogens (tertiary/aromatic N) is 1. The van der Waals surface area contributed by atoms with E-state index in [1.54, 1.807) is 11.8 Å². The summed E-state index contributed by atoms with van der Waals surface area (Å²) in [7, 11) is 0. The molecule has 0 bridgehead atoms. The number of amides is 1. The smallest absolute Gasteiger partial charge is 0.409 e. The van der Waals surface area contributed by atoms with Crippen LogP contribution < -0.4 is 4.74 Å². The van der Waals surface area contributed by atoms with E-state index in [2.05, 4.69) is 0 Å². The highest BCUT2D eigenvalue weighted by Gasteiger charge is 2.22. The number of rotatable bonds is 13. The average Bonchev–Trinajstić information content (AvgIpc) is 3.28. The zero-order valence-corrected chi connectivity index (χ0v) is 20.7. The van der Waals surface area contributed by atoms with Crippen LogP contribution in [0.15, 0.2) is 24.3 Å². The monoisotopic (exact) mass is 463 g/mol. The quantitative estimate of drug-likeness (QED) is 0.435. The number of carbonyl (C=O) groups is 2. The number of carboxylic acids is 1. The standard InChI is InChI=1S/C26H41NO6/c1-5-31-23(24(28)29)18-21-10-12-22(13-11-21)32-17-16-27(15-14-20-8-6-7-9-20)25(30)33-19-26(2,3)4/h10-13,20,23H,5-9,14-19H2,1-4H3,(H,28,29). The fraction of sp³-hybridized carbons (Fsp3) is 0.692. The molecule has 0 radical (unpaired) electrons.